The van der Waals surface area contributed by atoms with E-state index in [1.54, 1.807) is 0 Å². The van der Waals surface area contributed by atoms with Gasteiger partial charge in [-0.15, -0.1) is 0 Å². The number of aryl methyl sites for hydroxylation is 1. The van der Waals surface area contributed by atoms with E-state index in [0.29, 0.717) is 5.69 Å². The molecule has 4 rings (SSSR count). The molecule has 0 spiro atoms. The van der Waals surface area contributed by atoms with E-state index in [4.69, 9.17) is 0 Å². The van der Waals surface area contributed by atoms with Gasteiger partial charge < -0.3 is 5.32 Å². The Morgan fingerprint density at radius 2 is 1.76 bits per heavy atom. The van der Waals surface area contributed by atoms with Gasteiger partial charge in [-0.1, -0.05) is 18.2 Å². The zero-order valence-corrected chi connectivity index (χ0v) is 16.2. The van der Waals surface area contributed by atoms with Crippen molar-refractivity contribution in [3.05, 3.63) is 80.8 Å². The van der Waals surface area contributed by atoms with Gasteiger partial charge in [-0.25, -0.2) is 9.78 Å². The van der Waals surface area contributed by atoms with Crippen LogP contribution < -0.4 is 16.6 Å². The number of hydrogen-bond donors (Lipinski definition) is 1. The van der Waals surface area contributed by atoms with Gasteiger partial charge in [0.15, 0.2) is 5.56 Å². The molecule has 0 aliphatic carbocycles. The first-order chi connectivity index (χ1) is 13.9. The van der Waals surface area contributed by atoms with Crippen LogP contribution in [0.25, 0.3) is 16.7 Å². The summed E-state index contributed by atoms with van der Waals surface area (Å²) in [4.78, 5) is 29.1. The van der Waals surface area contributed by atoms with Crippen LogP contribution in [-0.4, -0.2) is 18.7 Å². The summed E-state index contributed by atoms with van der Waals surface area (Å²) in [6.45, 7) is 1.93. The summed E-state index contributed by atoms with van der Waals surface area (Å²) in [5.41, 5.74) is 2.04. The Hall–Kier alpha value is -4.12. The highest BCUT2D eigenvalue weighted by Crippen LogP contribution is 2.25. The average molecular weight is 386 g/mol. The first-order valence-electron chi connectivity index (χ1n) is 8.94. The number of para-hydroxylation sites is 1. The monoisotopic (exact) mass is 386 g/mol. The van der Waals surface area contributed by atoms with Gasteiger partial charge in [0.1, 0.15) is 17.7 Å². The Labute approximate surface area is 165 Å². The molecule has 29 heavy (non-hydrogen) atoms. The zero-order chi connectivity index (χ0) is 20.7. The third-order valence-corrected chi connectivity index (χ3v) is 4.88. The zero-order valence-electron chi connectivity index (χ0n) is 16.2. The summed E-state index contributed by atoms with van der Waals surface area (Å²) < 4.78 is 4.21. The highest BCUT2D eigenvalue weighted by molar-refractivity contribution is 5.83. The second kappa shape index (κ2) is 6.80. The minimum Gasteiger partial charge on any atom is -0.340 e. The van der Waals surface area contributed by atoms with Crippen molar-refractivity contribution in [1.82, 2.24) is 18.7 Å². The van der Waals surface area contributed by atoms with E-state index in [0.717, 1.165) is 27.1 Å². The third-order valence-electron chi connectivity index (χ3n) is 4.88. The van der Waals surface area contributed by atoms with Crippen molar-refractivity contribution in [2.45, 2.75) is 6.92 Å². The molecule has 1 N–H and O–H groups in total. The summed E-state index contributed by atoms with van der Waals surface area (Å²) in [7, 11) is 2.86. The van der Waals surface area contributed by atoms with Gasteiger partial charge in [0.25, 0.3) is 5.56 Å². The molecule has 0 saturated heterocycles. The van der Waals surface area contributed by atoms with E-state index in [1.165, 1.54) is 18.7 Å². The number of rotatable bonds is 3. The van der Waals surface area contributed by atoms with Crippen molar-refractivity contribution in [2.75, 3.05) is 5.32 Å². The summed E-state index contributed by atoms with van der Waals surface area (Å²) >= 11 is 0. The maximum Gasteiger partial charge on any atom is 0.332 e. The van der Waals surface area contributed by atoms with Gasteiger partial charge in [-0.3, -0.25) is 18.5 Å². The number of nitrogens with one attached hydrogen (secondary N) is 1. The summed E-state index contributed by atoms with van der Waals surface area (Å²) in [6.07, 6.45) is 0. The van der Waals surface area contributed by atoms with Crippen LogP contribution in [0.15, 0.2) is 58.1 Å². The molecule has 2 aromatic carbocycles. The van der Waals surface area contributed by atoms with Crippen molar-refractivity contribution < 1.29 is 0 Å². The second-order valence-electron chi connectivity index (χ2n) is 6.70. The first kappa shape index (κ1) is 18.3. The molecule has 0 atom stereocenters. The highest BCUT2D eigenvalue weighted by Gasteiger charge is 2.16. The quantitative estimate of drug-likeness (QED) is 0.583. The standard InChI is InChI=1S/C21H18N6O2/c1-13-23-17-11-14(9-10-18(17)27(13)15-7-5-4-6-8-15)24-19-16(12-22)20(28)26(3)21(29)25(19)2/h4-11,24H,1-3H3. The van der Waals surface area contributed by atoms with Crippen molar-refractivity contribution >= 4 is 22.5 Å². The molecule has 0 aliphatic rings. The average Bonchev–Trinajstić information content (AvgIpc) is 3.06. The van der Waals surface area contributed by atoms with Crippen LogP contribution in [0.4, 0.5) is 11.5 Å². The summed E-state index contributed by atoms with van der Waals surface area (Å²) in [5, 5.41) is 12.5. The molecular weight excluding hydrogens is 368 g/mol. The summed E-state index contributed by atoms with van der Waals surface area (Å²) in [6, 6.07) is 17.4. The molecule has 144 valence electrons. The lowest BCUT2D eigenvalue weighted by Gasteiger charge is -2.14. The second-order valence-corrected chi connectivity index (χ2v) is 6.70. The van der Waals surface area contributed by atoms with E-state index in [2.05, 4.69) is 10.3 Å². The lowest BCUT2D eigenvalue weighted by Crippen LogP contribution is -2.39. The number of benzene rings is 2. The smallest absolute Gasteiger partial charge is 0.332 e. The van der Waals surface area contributed by atoms with E-state index in [1.807, 2.05) is 66.1 Å². The lowest BCUT2D eigenvalue weighted by molar-refractivity contribution is 0.689. The number of aromatic nitrogens is 4. The van der Waals surface area contributed by atoms with E-state index >= 15 is 0 Å². The molecule has 8 heteroatoms. The Morgan fingerprint density at radius 1 is 1.03 bits per heavy atom. The Kier molecular flexibility index (Phi) is 4.28. The largest absolute Gasteiger partial charge is 0.340 e. The maximum absolute atomic E-state index is 12.3. The maximum atomic E-state index is 12.3. The van der Waals surface area contributed by atoms with Crippen LogP contribution in [0.2, 0.25) is 0 Å². The molecule has 0 unspecified atom stereocenters. The predicted octanol–water partition coefficient (Wildman–Crippen LogP) is 2.35. The van der Waals surface area contributed by atoms with Gasteiger partial charge in [0, 0.05) is 25.5 Å². The topological polar surface area (TPSA) is 97.6 Å². The highest BCUT2D eigenvalue weighted by atomic mass is 16.2. The van der Waals surface area contributed by atoms with Crippen molar-refractivity contribution in [1.29, 1.82) is 5.26 Å². The minimum atomic E-state index is -0.636. The van der Waals surface area contributed by atoms with Crippen molar-refractivity contribution in [3.8, 4) is 11.8 Å². The lowest BCUT2D eigenvalue weighted by atomic mass is 10.2. The molecular formula is C21H18N6O2. The van der Waals surface area contributed by atoms with Gasteiger partial charge in [-0.05, 0) is 37.3 Å². The van der Waals surface area contributed by atoms with E-state index in [9.17, 15) is 14.9 Å². The fourth-order valence-electron chi connectivity index (χ4n) is 3.41. The van der Waals surface area contributed by atoms with Crippen LogP contribution in [0.5, 0.6) is 0 Å². The SMILES string of the molecule is Cc1nc2cc(Nc3c(C#N)c(=O)n(C)c(=O)n3C)ccc2n1-c1ccccc1. The first-order valence-corrected chi connectivity index (χ1v) is 8.94. The number of imidazole rings is 1. The Balaban J connectivity index is 1.84. The number of fused-ring (bicyclic) bond motifs is 1. The van der Waals surface area contributed by atoms with Crippen LogP contribution in [0, 0.1) is 18.3 Å². The van der Waals surface area contributed by atoms with Gasteiger partial charge in [-0.2, -0.15) is 5.26 Å². The van der Waals surface area contributed by atoms with Gasteiger partial charge in [0.2, 0.25) is 0 Å². The number of nitrogens with zero attached hydrogens (tertiary/aromatic N) is 5. The molecule has 0 saturated carbocycles. The molecule has 0 aliphatic heterocycles. The fraction of sp³-hybridized carbons (Fsp3) is 0.143. The number of hydrogen-bond acceptors (Lipinski definition) is 5. The van der Waals surface area contributed by atoms with Crippen LogP contribution in [-0.2, 0) is 14.1 Å². The van der Waals surface area contributed by atoms with Crippen LogP contribution in [0.3, 0.4) is 0 Å². The van der Waals surface area contributed by atoms with Crippen molar-refractivity contribution in [3.63, 3.8) is 0 Å². The molecule has 8 nitrogen and oxygen atoms in total. The Morgan fingerprint density at radius 3 is 2.45 bits per heavy atom. The molecule has 0 fully saturated rings. The third kappa shape index (κ3) is 2.89. The van der Waals surface area contributed by atoms with Crippen LogP contribution in [0.1, 0.15) is 11.4 Å². The summed E-state index contributed by atoms with van der Waals surface area (Å²) in [5.74, 6) is 0.987. The van der Waals surface area contributed by atoms with E-state index < -0.39 is 11.2 Å². The van der Waals surface area contributed by atoms with Gasteiger partial charge >= 0.3 is 5.69 Å². The molecule has 2 heterocycles. The molecule has 0 radical (unpaired) electrons. The molecule has 4 aromatic rings. The molecule has 0 bridgehead atoms. The Bertz CT molecular complexity index is 1400. The number of nitriles is 1. The normalized spacial score (nSPS) is 10.8. The van der Waals surface area contributed by atoms with Crippen LogP contribution >= 0.6 is 0 Å². The molecule has 0 amide bonds. The van der Waals surface area contributed by atoms with Crippen molar-refractivity contribution in [2.24, 2.45) is 14.1 Å². The fourth-order valence-corrected chi connectivity index (χ4v) is 3.41. The minimum absolute atomic E-state index is 0.124. The predicted molar refractivity (Wildman–Crippen MR) is 111 cm³/mol. The molecule has 2 aromatic heterocycles. The number of anilines is 2. The van der Waals surface area contributed by atoms with Gasteiger partial charge in [0.05, 0.1) is 11.0 Å². The van der Waals surface area contributed by atoms with E-state index in [-0.39, 0.29) is 11.4 Å².